The zero-order valence-electron chi connectivity index (χ0n) is 16.1. The third-order valence-electron chi connectivity index (χ3n) is 4.83. The van der Waals surface area contributed by atoms with Crippen molar-refractivity contribution in [3.05, 3.63) is 29.6 Å². The molecule has 0 saturated carbocycles. The molecule has 0 spiro atoms. The Hall–Kier alpha value is -1.69. The van der Waals surface area contributed by atoms with Crippen LogP contribution in [0.3, 0.4) is 0 Å². The normalized spacial score (nSPS) is 21.5. The van der Waals surface area contributed by atoms with Gasteiger partial charge in [-0.3, -0.25) is 4.79 Å². The Morgan fingerprint density at radius 2 is 2.08 bits per heavy atom. The molecule has 0 bridgehead atoms. The fourth-order valence-electron chi connectivity index (χ4n) is 3.08. The van der Waals surface area contributed by atoms with Gasteiger partial charge in [-0.2, -0.15) is 0 Å². The van der Waals surface area contributed by atoms with Crippen LogP contribution in [-0.4, -0.2) is 50.3 Å². The zero-order valence-corrected chi connectivity index (χ0v) is 16.1. The first-order chi connectivity index (χ1) is 12.2. The SMILES string of the molecule is COc1cc(F)cc(C(=O)NC[C@H]2CCN(CCC(C)(C)C)C[C@H]2F)c1. The average Bonchev–Trinajstić information content (AvgIpc) is 2.57. The van der Waals surface area contributed by atoms with Gasteiger partial charge in [-0.15, -0.1) is 0 Å². The monoisotopic (exact) mass is 368 g/mol. The van der Waals surface area contributed by atoms with Gasteiger partial charge in [-0.1, -0.05) is 20.8 Å². The lowest BCUT2D eigenvalue weighted by molar-refractivity contribution is 0.0724. The maximum atomic E-state index is 14.5. The quantitative estimate of drug-likeness (QED) is 0.833. The molecule has 1 aromatic carbocycles. The molecule has 1 amide bonds. The summed E-state index contributed by atoms with van der Waals surface area (Å²) in [5.74, 6) is -0.874. The van der Waals surface area contributed by atoms with Gasteiger partial charge in [0.15, 0.2) is 0 Å². The Morgan fingerprint density at radius 1 is 1.35 bits per heavy atom. The minimum absolute atomic E-state index is 0.180. The van der Waals surface area contributed by atoms with Crippen molar-refractivity contribution < 1.29 is 18.3 Å². The van der Waals surface area contributed by atoms with Crippen molar-refractivity contribution >= 4 is 5.91 Å². The fourth-order valence-corrected chi connectivity index (χ4v) is 3.08. The van der Waals surface area contributed by atoms with Crippen molar-refractivity contribution in [2.75, 3.05) is 33.3 Å². The lowest BCUT2D eigenvalue weighted by Gasteiger charge is -2.36. The molecule has 1 aromatic rings. The van der Waals surface area contributed by atoms with Crippen LogP contribution in [0.25, 0.3) is 0 Å². The van der Waals surface area contributed by atoms with Crippen molar-refractivity contribution in [1.29, 1.82) is 0 Å². The summed E-state index contributed by atoms with van der Waals surface area (Å²) in [5, 5.41) is 2.73. The second-order valence-electron chi connectivity index (χ2n) is 8.27. The van der Waals surface area contributed by atoms with Crippen LogP contribution < -0.4 is 10.1 Å². The number of alkyl halides is 1. The van der Waals surface area contributed by atoms with E-state index in [1.54, 1.807) is 0 Å². The number of hydrogen-bond acceptors (Lipinski definition) is 3. The van der Waals surface area contributed by atoms with Crippen molar-refractivity contribution in [2.45, 2.75) is 39.8 Å². The molecule has 1 fully saturated rings. The number of amides is 1. The van der Waals surface area contributed by atoms with Crippen LogP contribution in [0.1, 0.15) is 44.0 Å². The predicted octanol–water partition coefficient (Wildman–Crippen LogP) is 3.66. The zero-order chi connectivity index (χ0) is 19.3. The van der Waals surface area contributed by atoms with E-state index in [2.05, 4.69) is 31.0 Å². The number of hydrogen-bond donors (Lipinski definition) is 1. The highest BCUT2D eigenvalue weighted by atomic mass is 19.1. The molecular weight excluding hydrogens is 338 g/mol. The summed E-state index contributed by atoms with van der Waals surface area (Å²) in [6.07, 6.45) is 0.770. The number of halogens is 2. The van der Waals surface area contributed by atoms with Gasteiger partial charge in [0.25, 0.3) is 5.91 Å². The number of piperidine rings is 1. The lowest BCUT2D eigenvalue weighted by Crippen LogP contribution is -2.46. The van der Waals surface area contributed by atoms with Gasteiger partial charge in [-0.25, -0.2) is 8.78 Å². The highest BCUT2D eigenvalue weighted by molar-refractivity contribution is 5.94. The number of nitrogens with zero attached hydrogens (tertiary/aromatic N) is 1. The van der Waals surface area contributed by atoms with Crippen molar-refractivity contribution in [3.8, 4) is 5.75 Å². The van der Waals surface area contributed by atoms with Crippen molar-refractivity contribution in [1.82, 2.24) is 10.2 Å². The summed E-state index contributed by atoms with van der Waals surface area (Å²) >= 11 is 0. The molecule has 0 radical (unpaired) electrons. The molecule has 1 saturated heterocycles. The summed E-state index contributed by atoms with van der Waals surface area (Å²) in [4.78, 5) is 14.4. The van der Waals surface area contributed by atoms with Gasteiger partial charge in [0.2, 0.25) is 0 Å². The first-order valence-corrected chi connectivity index (χ1v) is 9.17. The van der Waals surface area contributed by atoms with E-state index in [9.17, 15) is 13.6 Å². The van der Waals surface area contributed by atoms with E-state index in [1.807, 2.05) is 0 Å². The molecule has 0 aliphatic carbocycles. The molecule has 2 atom stereocenters. The van der Waals surface area contributed by atoms with E-state index in [-0.39, 0.29) is 29.2 Å². The first kappa shape index (κ1) is 20.6. The van der Waals surface area contributed by atoms with Crippen LogP contribution in [0, 0.1) is 17.2 Å². The van der Waals surface area contributed by atoms with Gasteiger partial charge in [-0.05, 0) is 43.5 Å². The standard InChI is InChI=1S/C20H30F2N2O2/c1-20(2,3)6-8-24-7-5-14(18(22)13-24)12-23-19(25)15-9-16(21)11-17(10-15)26-4/h9-11,14,18H,5-8,12-13H2,1-4H3,(H,23,25)/t14-,18-/m1/s1. The number of carbonyl (C=O) groups is 1. The summed E-state index contributed by atoms with van der Waals surface area (Å²) in [6, 6.07) is 3.84. The number of nitrogens with one attached hydrogen (secondary N) is 1. The summed E-state index contributed by atoms with van der Waals surface area (Å²) < 4.78 is 33.0. The van der Waals surface area contributed by atoms with E-state index < -0.39 is 17.9 Å². The Labute approximate surface area is 154 Å². The van der Waals surface area contributed by atoms with Crippen LogP contribution in [-0.2, 0) is 0 Å². The molecule has 2 rings (SSSR count). The lowest BCUT2D eigenvalue weighted by atomic mass is 9.90. The minimum atomic E-state index is -0.967. The Bertz CT molecular complexity index is 616. The van der Waals surface area contributed by atoms with E-state index in [4.69, 9.17) is 4.74 Å². The third kappa shape index (κ3) is 6.24. The van der Waals surface area contributed by atoms with Crippen LogP contribution in [0.4, 0.5) is 8.78 Å². The molecule has 26 heavy (non-hydrogen) atoms. The molecular formula is C20H30F2N2O2. The smallest absolute Gasteiger partial charge is 0.251 e. The molecule has 146 valence electrons. The highest BCUT2D eigenvalue weighted by Crippen LogP contribution is 2.24. The minimum Gasteiger partial charge on any atom is -0.497 e. The maximum Gasteiger partial charge on any atom is 0.251 e. The summed E-state index contributed by atoms with van der Waals surface area (Å²) in [5.41, 5.74) is 0.419. The van der Waals surface area contributed by atoms with Crippen LogP contribution >= 0.6 is 0 Å². The van der Waals surface area contributed by atoms with Crippen molar-refractivity contribution in [3.63, 3.8) is 0 Å². The molecule has 1 N–H and O–H groups in total. The topological polar surface area (TPSA) is 41.6 Å². The van der Waals surface area contributed by atoms with Crippen molar-refractivity contribution in [2.24, 2.45) is 11.3 Å². The number of carbonyl (C=O) groups excluding carboxylic acids is 1. The number of methoxy groups -OCH3 is 1. The Morgan fingerprint density at radius 3 is 2.69 bits per heavy atom. The fraction of sp³-hybridized carbons (Fsp3) is 0.650. The van der Waals surface area contributed by atoms with Gasteiger partial charge in [0.1, 0.15) is 17.7 Å². The molecule has 4 nitrogen and oxygen atoms in total. The third-order valence-corrected chi connectivity index (χ3v) is 4.83. The van der Waals surface area contributed by atoms with E-state index in [1.165, 1.54) is 19.2 Å². The van der Waals surface area contributed by atoms with Gasteiger partial charge in [0, 0.05) is 30.6 Å². The van der Waals surface area contributed by atoms with Gasteiger partial charge < -0.3 is 15.0 Å². The second-order valence-corrected chi connectivity index (χ2v) is 8.27. The second kappa shape index (κ2) is 8.80. The van der Waals surface area contributed by atoms with Gasteiger partial charge in [0.05, 0.1) is 7.11 Å². The number of benzene rings is 1. The number of ether oxygens (including phenoxy) is 1. The molecule has 1 aliphatic heterocycles. The molecule has 0 aromatic heterocycles. The molecule has 1 heterocycles. The first-order valence-electron chi connectivity index (χ1n) is 9.17. The highest BCUT2D eigenvalue weighted by Gasteiger charge is 2.30. The predicted molar refractivity (Wildman–Crippen MR) is 98.8 cm³/mol. The Balaban J connectivity index is 1.83. The average molecular weight is 368 g/mol. The molecule has 0 unspecified atom stereocenters. The molecule has 1 aliphatic rings. The number of rotatable bonds is 6. The largest absolute Gasteiger partial charge is 0.497 e. The van der Waals surface area contributed by atoms with Crippen LogP contribution in [0.15, 0.2) is 18.2 Å². The van der Waals surface area contributed by atoms with E-state index in [0.29, 0.717) is 13.0 Å². The maximum absolute atomic E-state index is 14.5. The van der Waals surface area contributed by atoms with E-state index >= 15 is 0 Å². The summed E-state index contributed by atoms with van der Waals surface area (Å²) in [6.45, 7) is 8.95. The van der Waals surface area contributed by atoms with Crippen LogP contribution in [0.5, 0.6) is 5.75 Å². The summed E-state index contributed by atoms with van der Waals surface area (Å²) in [7, 11) is 1.41. The van der Waals surface area contributed by atoms with E-state index in [0.717, 1.165) is 25.6 Å². The van der Waals surface area contributed by atoms with Gasteiger partial charge >= 0.3 is 0 Å². The number of likely N-dealkylation sites (tertiary alicyclic amines) is 1. The molecule has 6 heteroatoms. The van der Waals surface area contributed by atoms with Crippen LogP contribution in [0.2, 0.25) is 0 Å². The Kier molecular flexibility index (Phi) is 6.98.